The Morgan fingerprint density at radius 3 is 3.06 bits per heavy atom. The van der Waals surface area contributed by atoms with E-state index in [2.05, 4.69) is 10.3 Å². The average molecular weight is 213 g/mol. The topological polar surface area (TPSA) is 45.2 Å². The van der Waals surface area contributed by atoms with Gasteiger partial charge in [-0.3, -0.25) is 9.88 Å². The molecule has 0 radical (unpaired) electrons. The van der Waals surface area contributed by atoms with Crippen molar-refractivity contribution < 1.29 is 4.79 Å². The minimum Gasteiger partial charge on any atom is -0.336 e. The number of carbonyl (C=O) groups is 1. The number of amides is 2. The van der Waals surface area contributed by atoms with Crippen molar-refractivity contribution in [2.75, 3.05) is 18.0 Å². The summed E-state index contributed by atoms with van der Waals surface area (Å²) in [5.74, 6) is 0. The summed E-state index contributed by atoms with van der Waals surface area (Å²) < 4.78 is 0. The highest BCUT2D eigenvalue weighted by Crippen LogP contribution is 2.26. The number of urea groups is 1. The van der Waals surface area contributed by atoms with Crippen LogP contribution in [0.2, 0.25) is 0 Å². The van der Waals surface area contributed by atoms with Crippen molar-refractivity contribution in [3.8, 4) is 0 Å². The Morgan fingerprint density at radius 1 is 1.31 bits per heavy atom. The van der Waals surface area contributed by atoms with Gasteiger partial charge in [0.15, 0.2) is 0 Å². The molecule has 16 heavy (non-hydrogen) atoms. The van der Waals surface area contributed by atoms with Crippen LogP contribution in [0.4, 0.5) is 10.5 Å². The molecular formula is C12H11N3O. The van der Waals surface area contributed by atoms with Gasteiger partial charge in [-0.1, -0.05) is 12.1 Å². The third-order valence-corrected chi connectivity index (χ3v) is 2.81. The fourth-order valence-electron chi connectivity index (χ4n) is 2.04. The first-order valence-corrected chi connectivity index (χ1v) is 5.24. The number of hydrogen-bond donors (Lipinski definition) is 1. The van der Waals surface area contributed by atoms with E-state index in [0.29, 0.717) is 6.54 Å². The lowest BCUT2D eigenvalue weighted by atomic mass is 10.1. The van der Waals surface area contributed by atoms with Crippen molar-refractivity contribution in [1.29, 1.82) is 0 Å². The number of pyridine rings is 1. The van der Waals surface area contributed by atoms with Crippen molar-refractivity contribution in [3.63, 3.8) is 0 Å². The van der Waals surface area contributed by atoms with Gasteiger partial charge in [0.2, 0.25) is 0 Å². The number of carbonyl (C=O) groups excluding carboxylic acids is 1. The molecule has 0 unspecified atom stereocenters. The Bertz CT molecular complexity index is 547. The normalized spacial score (nSPS) is 15.5. The molecule has 0 saturated carbocycles. The summed E-state index contributed by atoms with van der Waals surface area (Å²) in [6.07, 6.45) is 3.56. The third kappa shape index (κ3) is 1.31. The zero-order valence-electron chi connectivity index (χ0n) is 8.68. The molecule has 2 amide bonds. The largest absolute Gasteiger partial charge is 0.336 e. The lowest BCUT2D eigenvalue weighted by Gasteiger charge is -2.16. The first-order valence-electron chi connectivity index (χ1n) is 5.24. The molecular weight excluding hydrogens is 202 g/mol. The summed E-state index contributed by atoms with van der Waals surface area (Å²) in [7, 11) is 0. The third-order valence-electron chi connectivity index (χ3n) is 2.81. The highest BCUT2D eigenvalue weighted by molar-refractivity contribution is 6.03. The molecule has 0 aliphatic carbocycles. The molecule has 1 N–H and O–H groups in total. The van der Waals surface area contributed by atoms with Crippen LogP contribution in [0.3, 0.4) is 0 Å². The fourth-order valence-corrected chi connectivity index (χ4v) is 2.04. The summed E-state index contributed by atoms with van der Waals surface area (Å²) in [5, 5.41) is 4.92. The number of rotatable bonds is 1. The number of aromatic nitrogens is 1. The average Bonchev–Trinajstić information content (AvgIpc) is 2.75. The lowest BCUT2D eigenvalue weighted by molar-refractivity contribution is 0.252. The summed E-state index contributed by atoms with van der Waals surface area (Å²) >= 11 is 0. The molecule has 3 rings (SSSR count). The van der Waals surface area contributed by atoms with Gasteiger partial charge in [-0.15, -0.1) is 0 Å². The van der Waals surface area contributed by atoms with Crippen molar-refractivity contribution in [3.05, 3.63) is 36.7 Å². The van der Waals surface area contributed by atoms with Gasteiger partial charge in [-0.05, 0) is 12.1 Å². The first kappa shape index (κ1) is 9.15. The maximum Gasteiger partial charge on any atom is 0.322 e. The van der Waals surface area contributed by atoms with Gasteiger partial charge in [-0.25, -0.2) is 4.79 Å². The van der Waals surface area contributed by atoms with E-state index < -0.39 is 0 Å². The zero-order valence-corrected chi connectivity index (χ0v) is 8.68. The van der Waals surface area contributed by atoms with Crippen LogP contribution in [0.1, 0.15) is 0 Å². The monoisotopic (exact) mass is 213 g/mol. The molecule has 0 atom stereocenters. The molecule has 1 aromatic heterocycles. The van der Waals surface area contributed by atoms with Gasteiger partial charge in [0, 0.05) is 36.3 Å². The molecule has 0 bridgehead atoms. The Labute approximate surface area is 92.9 Å². The number of anilines is 1. The van der Waals surface area contributed by atoms with Crippen LogP contribution in [0.25, 0.3) is 10.8 Å². The van der Waals surface area contributed by atoms with Gasteiger partial charge in [0.1, 0.15) is 0 Å². The van der Waals surface area contributed by atoms with E-state index in [-0.39, 0.29) is 6.03 Å². The van der Waals surface area contributed by atoms with Crippen LogP contribution in [-0.2, 0) is 0 Å². The van der Waals surface area contributed by atoms with E-state index in [1.165, 1.54) is 0 Å². The molecule has 1 aliphatic rings. The molecule has 2 aromatic rings. The SMILES string of the molecule is O=C1NCCN1c1cccc2cnccc12. The van der Waals surface area contributed by atoms with Crippen LogP contribution in [0.15, 0.2) is 36.7 Å². The number of fused-ring (bicyclic) bond motifs is 1. The second kappa shape index (κ2) is 3.48. The van der Waals surface area contributed by atoms with Gasteiger partial charge >= 0.3 is 6.03 Å². The molecule has 1 fully saturated rings. The molecule has 1 aliphatic heterocycles. The predicted molar refractivity (Wildman–Crippen MR) is 62.5 cm³/mol. The Kier molecular flexibility index (Phi) is 1.99. The second-order valence-corrected chi connectivity index (χ2v) is 3.76. The molecule has 4 heteroatoms. The van der Waals surface area contributed by atoms with E-state index in [4.69, 9.17) is 0 Å². The number of benzene rings is 1. The highest BCUT2D eigenvalue weighted by Gasteiger charge is 2.22. The second-order valence-electron chi connectivity index (χ2n) is 3.76. The van der Waals surface area contributed by atoms with Gasteiger partial charge in [0.05, 0.1) is 5.69 Å². The highest BCUT2D eigenvalue weighted by atomic mass is 16.2. The Balaban J connectivity index is 2.19. The number of nitrogens with zero attached hydrogens (tertiary/aromatic N) is 2. The molecule has 2 heterocycles. The first-order chi connectivity index (χ1) is 7.86. The van der Waals surface area contributed by atoms with Crippen LogP contribution < -0.4 is 10.2 Å². The summed E-state index contributed by atoms with van der Waals surface area (Å²) in [5.41, 5.74) is 0.954. The molecule has 4 nitrogen and oxygen atoms in total. The number of hydrogen-bond acceptors (Lipinski definition) is 2. The van der Waals surface area contributed by atoms with Crippen LogP contribution in [0, 0.1) is 0 Å². The maximum atomic E-state index is 11.6. The molecule has 0 spiro atoms. The molecule has 1 saturated heterocycles. The van der Waals surface area contributed by atoms with Gasteiger partial charge in [-0.2, -0.15) is 0 Å². The summed E-state index contributed by atoms with van der Waals surface area (Å²) in [4.78, 5) is 17.5. The van der Waals surface area contributed by atoms with E-state index in [0.717, 1.165) is 23.0 Å². The van der Waals surface area contributed by atoms with E-state index in [9.17, 15) is 4.79 Å². The maximum absolute atomic E-state index is 11.6. The van der Waals surface area contributed by atoms with E-state index in [1.807, 2.05) is 30.5 Å². The minimum absolute atomic E-state index is 0.0238. The summed E-state index contributed by atoms with van der Waals surface area (Å²) in [6, 6.07) is 7.83. The molecule has 1 aromatic carbocycles. The lowest BCUT2D eigenvalue weighted by Crippen LogP contribution is -2.27. The zero-order chi connectivity index (χ0) is 11.0. The van der Waals surface area contributed by atoms with Crippen LogP contribution in [0.5, 0.6) is 0 Å². The minimum atomic E-state index is -0.0238. The van der Waals surface area contributed by atoms with E-state index >= 15 is 0 Å². The quantitative estimate of drug-likeness (QED) is 0.784. The summed E-state index contributed by atoms with van der Waals surface area (Å²) in [6.45, 7) is 1.43. The Morgan fingerprint density at radius 2 is 2.25 bits per heavy atom. The fraction of sp³-hybridized carbons (Fsp3) is 0.167. The van der Waals surface area contributed by atoms with Gasteiger partial charge in [0.25, 0.3) is 0 Å². The molecule has 80 valence electrons. The predicted octanol–water partition coefficient (Wildman–Crippen LogP) is 1.76. The van der Waals surface area contributed by atoms with Crippen LogP contribution >= 0.6 is 0 Å². The van der Waals surface area contributed by atoms with Crippen molar-refractivity contribution in [2.45, 2.75) is 0 Å². The Hall–Kier alpha value is -2.10. The van der Waals surface area contributed by atoms with Crippen molar-refractivity contribution in [1.82, 2.24) is 10.3 Å². The smallest absolute Gasteiger partial charge is 0.322 e. The van der Waals surface area contributed by atoms with Crippen molar-refractivity contribution in [2.24, 2.45) is 0 Å². The van der Waals surface area contributed by atoms with Crippen LogP contribution in [-0.4, -0.2) is 24.1 Å². The number of nitrogens with one attached hydrogen (secondary N) is 1. The van der Waals surface area contributed by atoms with Gasteiger partial charge < -0.3 is 5.32 Å². The van der Waals surface area contributed by atoms with E-state index in [1.54, 1.807) is 11.1 Å². The standard InChI is InChI=1S/C12H11N3O/c16-12-14-6-7-15(12)11-3-1-2-9-8-13-5-4-10(9)11/h1-5,8H,6-7H2,(H,14,16). The van der Waals surface area contributed by atoms with Crippen molar-refractivity contribution >= 4 is 22.5 Å².